The highest BCUT2D eigenvalue weighted by atomic mass is 16.7. The first-order chi connectivity index (χ1) is 41.7. The summed E-state index contributed by atoms with van der Waals surface area (Å²) in [4.78, 5) is 26.7. The second-order valence-corrected chi connectivity index (χ2v) is 25.3. The van der Waals surface area contributed by atoms with Gasteiger partial charge in [-0.1, -0.05) is 326 Å². The fraction of sp³-hybridized carbons (Fsp3) is 0.865. The lowest BCUT2D eigenvalue weighted by molar-refractivity contribution is -0.305. The maximum absolute atomic E-state index is 13.5. The Morgan fingerprint density at radius 3 is 1.24 bits per heavy atom. The number of nitrogens with one attached hydrogen (secondary N) is 1. The molecule has 1 aliphatic rings. The van der Waals surface area contributed by atoms with Crippen molar-refractivity contribution in [2.45, 2.75) is 397 Å². The highest BCUT2D eigenvalue weighted by molar-refractivity contribution is 5.80. The van der Waals surface area contributed by atoms with Crippen molar-refractivity contribution in [2.24, 2.45) is 0 Å². The Bertz CT molecular complexity index is 1570. The van der Waals surface area contributed by atoms with Gasteiger partial charge in [0.2, 0.25) is 5.91 Å². The van der Waals surface area contributed by atoms with E-state index < -0.39 is 67.4 Å². The summed E-state index contributed by atoms with van der Waals surface area (Å²) in [5.41, 5.74) is 0. The zero-order valence-electron chi connectivity index (χ0n) is 55.5. The van der Waals surface area contributed by atoms with Crippen LogP contribution >= 0.6 is 0 Å². The van der Waals surface area contributed by atoms with E-state index in [1.54, 1.807) is 6.08 Å². The van der Waals surface area contributed by atoms with Gasteiger partial charge >= 0.3 is 5.97 Å². The minimum atomic E-state index is -1.61. The van der Waals surface area contributed by atoms with Crippen LogP contribution in [0.2, 0.25) is 0 Å². The highest BCUT2D eigenvalue weighted by Gasteiger charge is 2.47. The Morgan fingerprint density at radius 2 is 0.812 bits per heavy atom. The van der Waals surface area contributed by atoms with Crippen LogP contribution < -0.4 is 5.32 Å². The Morgan fingerprint density at radius 1 is 0.459 bits per heavy atom. The van der Waals surface area contributed by atoms with Crippen LogP contribution in [0.25, 0.3) is 0 Å². The van der Waals surface area contributed by atoms with Crippen molar-refractivity contribution in [3.63, 3.8) is 0 Å². The fourth-order valence-corrected chi connectivity index (χ4v) is 11.5. The molecular weight excluding hydrogens is 1060 g/mol. The maximum Gasteiger partial charge on any atom is 0.306 e. The summed E-state index contributed by atoms with van der Waals surface area (Å²) >= 11 is 0. The molecule has 8 unspecified atom stereocenters. The van der Waals surface area contributed by atoms with Crippen molar-refractivity contribution in [1.29, 1.82) is 0 Å². The molecule has 0 aromatic rings. The molecule has 0 aliphatic carbocycles. The van der Waals surface area contributed by atoms with Gasteiger partial charge in [-0.2, -0.15) is 0 Å². The molecule has 0 radical (unpaired) electrons. The van der Waals surface area contributed by atoms with Gasteiger partial charge in [0.1, 0.15) is 24.4 Å². The van der Waals surface area contributed by atoms with Crippen LogP contribution in [0.4, 0.5) is 0 Å². The number of carbonyl (C=O) groups is 2. The van der Waals surface area contributed by atoms with E-state index >= 15 is 0 Å². The number of rotatable bonds is 63. The summed E-state index contributed by atoms with van der Waals surface area (Å²) in [7, 11) is 0. The first kappa shape index (κ1) is 80.6. The van der Waals surface area contributed by atoms with Crippen LogP contribution in [-0.4, -0.2) is 99.6 Å². The number of amides is 1. The molecule has 0 aromatic carbocycles. The zero-order chi connectivity index (χ0) is 61.7. The van der Waals surface area contributed by atoms with E-state index in [2.05, 4.69) is 62.5 Å². The van der Waals surface area contributed by atoms with Gasteiger partial charge in [0.25, 0.3) is 0 Å². The standard InChI is InChI=1S/C74H137NO10/c1-4-7-10-13-16-19-22-25-27-29-31-33-34-35-37-39-41-44-47-50-53-56-59-62-69(79)85-72-71(81)70(80)68(63-76)84-74(72)83-64-65(66(77)60-57-54-51-48-45-42-24-21-18-15-12-9-6-3)75-73(82)67(78)61-58-55-52-49-46-43-40-38-36-32-30-28-26-23-20-17-14-11-8-5-2/h17,20,26,28,32,36,57,60,65-68,70-72,74,76-78,80-81H,4-16,18-19,21-25,27,29-31,33-35,37-56,58-59,61-64H2,1-3H3,(H,75,82)/b20-17-,28-26-,36-32-,60-57+. The number of aliphatic hydroxyl groups is 5. The average Bonchev–Trinajstić information content (AvgIpc) is 3.12. The molecule has 1 aliphatic heterocycles. The average molecular weight is 1200 g/mol. The number of aliphatic hydroxyl groups excluding tert-OH is 5. The third kappa shape index (κ3) is 49.1. The van der Waals surface area contributed by atoms with Crippen LogP contribution in [0, 0.1) is 0 Å². The number of allylic oxidation sites excluding steroid dienone is 7. The monoisotopic (exact) mass is 1200 g/mol. The van der Waals surface area contributed by atoms with E-state index in [9.17, 15) is 35.1 Å². The van der Waals surface area contributed by atoms with Gasteiger partial charge in [0.05, 0.1) is 25.4 Å². The first-order valence-electron chi connectivity index (χ1n) is 36.4. The van der Waals surface area contributed by atoms with E-state index in [0.717, 1.165) is 83.5 Å². The van der Waals surface area contributed by atoms with E-state index in [0.29, 0.717) is 12.8 Å². The van der Waals surface area contributed by atoms with E-state index in [1.165, 1.54) is 218 Å². The van der Waals surface area contributed by atoms with Crippen LogP contribution in [0.1, 0.15) is 348 Å². The van der Waals surface area contributed by atoms with Gasteiger partial charge in [-0.25, -0.2) is 0 Å². The first-order valence-corrected chi connectivity index (χ1v) is 36.4. The summed E-state index contributed by atoms with van der Waals surface area (Å²) in [6, 6.07) is -1.03. The predicted molar refractivity (Wildman–Crippen MR) is 357 cm³/mol. The molecule has 498 valence electrons. The normalized spacial score (nSPS) is 18.6. The fourth-order valence-electron chi connectivity index (χ4n) is 11.5. The van der Waals surface area contributed by atoms with Gasteiger partial charge in [-0.3, -0.25) is 9.59 Å². The molecule has 1 fully saturated rings. The van der Waals surface area contributed by atoms with E-state index in [4.69, 9.17) is 14.2 Å². The Hall–Kier alpha value is -2.38. The molecular formula is C74H137NO10. The highest BCUT2D eigenvalue weighted by Crippen LogP contribution is 2.26. The molecule has 0 aromatic heterocycles. The quantitative estimate of drug-likeness (QED) is 0.0195. The van der Waals surface area contributed by atoms with Crippen molar-refractivity contribution in [2.75, 3.05) is 13.2 Å². The van der Waals surface area contributed by atoms with Gasteiger partial charge < -0.3 is 45.1 Å². The van der Waals surface area contributed by atoms with Crippen LogP contribution in [0.15, 0.2) is 48.6 Å². The molecule has 1 amide bonds. The topological polar surface area (TPSA) is 175 Å². The van der Waals surface area contributed by atoms with Crippen molar-refractivity contribution in [3.05, 3.63) is 48.6 Å². The second-order valence-electron chi connectivity index (χ2n) is 25.3. The lowest BCUT2D eigenvalue weighted by Crippen LogP contribution is -2.61. The Labute approximate surface area is 523 Å². The van der Waals surface area contributed by atoms with Gasteiger partial charge in [0.15, 0.2) is 12.4 Å². The number of esters is 1. The SMILES string of the molecule is CCCCC/C=C\C/C=C\C/C=C\CCCCCCCCCC(O)C(=O)NC(COC1OC(CO)C(O)C(O)C1OC(=O)CCCCCCCCCCCCCCCCCCCCCCCCC)C(O)/C=C/CCCCCCCCCCCCC. The lowest BCUT2D eigenvalue weighted by atomic mass is 9.99. The summed E-state index contributed by atoms with van der Waals surface area (Å²) < 4.78 is 17.7. The minimum Gasteiger partial charge on any atom is -0.454 e. The van der Waals surface area contributed by atoms with Crippen LogP contribution in [0.3, 0.4) is 0 Å². The van der Waals surface area contributed by atoms with E-state index in [-0.39, 0.29) is 19.4 Å². The van der Waals surface area contributed by atoms with Gasteiger partial charge in [0, 0.05) is 6.42 Å². The molecule has 0 saturated carbocycles. The van der Waals surface area contributed by atoms with Crippen molar-refractivity contribution in [3.8, 4) is 0 Å². The Kier molecular flexibility index (Phi) is 58.7. The number of unbranched alkanes of at least 4 members (excludes halogenated alkanes) is 43. The zero-order valence-corrected chi connectivity index (χ0v) is 55.5. The number of carbonyl (C=O) groups excluding carboxylic acids is 2. The number of hydrogen-bond acceptors (Lipinski definition) is 10. The molecule has 1 heterocycles. The largest absolute Gasteiger partial charge is 0.454 e. The number of hydrogen-bond donors (Lipinski definition) is 6. The molecule has 8 atom stereocenters. The molecule has 11 nitrogen and oxygen atoms in total. The second kappa shape index (κ2) is 61.8. The van der Waals surface area contributed by atoms with Crippen molar-refractivity contribution in [1.82, 2.24) is 5.32 Å². The summed E-state index contributed by atoms with van der Waals surface area (Å²) in [6.45, 7) is 5.82. The number of ether oxygens (including phenoxy) is 3. The molecule has 11 heteroatoms. The van der Waals surface area contributed by atoms with Crippen LogP contribution in [0.5, 0.6) is 0 Å². The molecule has 1 saturated heterocycles. The van der Waals surface area contributed by atoms with Gasteiger partial charge in [-0.15, -0.1) is 0 Å². The molecule has 85 heavy (non-hydrogen) atoms. The van der Waals surface area contributed by atoms with Crippen LogP contribution in [-0.2, 0) is 23.8 Å². The molecule has 1 rings (SSSR count). The maximum atomic E-state index is 13.5. The minimum absolute atomic E-state index is 0.127. The lowest BCUT2D eigenvalue weighted by Gasteiger charge is -2.41. The summed E-state index contributed by atoms with van der Waals surface area (Å²) in [6.07, 6.45) is 67.2. The smallest absolute Gasteiger partial charge is 0.306 e. The van der Waals surface area contributed by atoms with Crippen molar-refractivity contribution < 1.29 is 49.3 Å². The van der Waals surface area contributed by atoms with Gasteiger partial charge in [-0.05, 0) is 64.2 Å². The summed E-state index contributed by atoms with van der Waals surface area (Å²) in [5, 5.41) is 57.3. The third-order valence-electron chi connectivity index (χ3n) is 17.2. The summed E-state index contributed by atoms with van der Waals surface area (Å²) in [5.74, 6) is -1.19. The molecule has 0 spiro atoms. The van der Waals surface area contributed by atoms with Crippen molar-refractivity contribution >= 4 is 11.9 Å². The molecule has 6 N–H and O–H groups in total. The Balaban J connectivity index is 2.58. The predicted octanol–water partition coefficient (Wildman–Crippen LogP) is 18.7. The van der Waals surface area contributed by atoms with E-state index in [1.807, 2.05) is 6.08 Å². The third-order valence-corrected chi connectivity index (χ3v) is 17.2. The molecule has 0 bridgehead atoms.